The van der Waals surface area contributed by atoms with Gasteiger partial charge in [0.2, 0.25) is 0 Å². The number of nitrogens with zero attached hydrogens (tertiary/aromatic N) is 1. The van der Waals surface area contributed by atoms with E-state index in [1.807, 2.05) is 0 Å². The maximum atomic E-state index is 7.05. The van der Waals surface area contributed by atoms with Crippen LogP contribution in [0.2, 0.25) is 0 Å². The second-order valence-electron chi connectivity index (χ2n) is 2.01. The molecule has 0 saturated carbocycles. The first-order valence-corrected chi connectivity index (χ1v) is 3.63. The van der Waals surface area contributed by atoms with Crippen molar-refractivity contribution in [3.8, 4) is 0 Å². The number of hydrogen-bond acceptors (Lipinski definition) is 4. The Morgan fingerprint density at radius 2 is 2.08 bits per heavy atom. The third-order valence-corrected chi connectivity index (χ3v) is 1.19. The fourth-order valence-electron chi connectivity index (χ4n) is 0.682. The molecule has 6 N–H and O–H groups in total. The zero-order valence-corrected chi connectivity index (χ0v) is 7.41. The van der Waals surface area contributed by atoms with Crippen molar-refractivity contribution in [2.45, 2.75) is 0 Å². The maximum Gasteiger partial charge on any atom is 0.141 e. The van der Waals surface area contributed by atoms with E-state index in [4.69, 9.17) is 16.6 Å². The summed E-state index contributed by atoms with van der Waals surface area (Å²) in [5, 5.41) is 13.9. The van der Waals surface area contributed by atoms with Crippen LogP contribution in [0.5, 0.6) is 0 Å². The smallest absolute Gasteiger partial charge is 0.141 e. The summed E-state index contributed by atoms with van der Waals surface area (Å²) in [6.07, 6.45) is 1.12. The van der Waals surface area contributed by atoms with Gasteiger partial charge in [-0.3, -0.25) is 5.41 Å². The zero-order chi connectivity index (χ0) is 10.3. The van der Waals surface area contributed by atoms with Crippen LogP contribution < -0.4 is 11.5 Å². The Balaban J connectivity index is 0.000000671. The molecule has 0 aliphatic heterocycles. The lowest BCUT2D eigenvalue weighted by Crippen LogP contribution is -2.13. The summed E-state index contributed by atoms with van der Waals surface area (Å²) in [6.45, 7) is 0. The number of aromatic nitrogens is 1. The topological polar surface area (TPSA) is 113 Å². The summed E-state index contributed by atoms with van der Waals surface area (Å²) in [5.74, 6) is -0.0753. The van der Waals surface area contributed by atoms with E-state index in [2.05, 4.69) is 10.7 Å². The number of nitrogen functional groups attached to an aromatic ring is 1. The van der Waals surface area contributed by atoms with Crippen LogP contribution in [0, 0.1) is 10.8 Å². The fourth-order valence-corrected chi connectivity index (χ4v) is 0.682. The molecule has 1 aromatic heterocycles. The number of amidine groups is 1. The average molecular weight is 179 g/mol. The minimum Gasteiger partial charge on any atom is -0.382 e. The van der Waals surface area contributed by atoms with Crippen molar-refractivity contribution in [2.24, 2.45) is 11.5 Å². The molecule has 0 bridgehead atoms. The third-order valence-electron chi connectivity index (χ3n) is 1.19. The predicted octanol–water partition coefficient (Wildman–Crippen LogP) is -0.0618. The molecule has 1 heterocycles. The maximum absolute atomic E-state index is 7.05. The van der Waals surface area contributed by atoms with Crippen LogP contribution in [-0.4, -0.2) is 24.1 Å². The van der Waals surface area contributed by atoms with Crippen molar-refractivity contribution >= 4 is 12.1 Å². The van der Waals surface area contributed by atoms with Crippen LogP contribution in [0.25, 0.3) is 0 Å². The average Bonchev–Trinajstić information content (AvgIpc) is 2.21. The van der Waals surface area contributed by atoms with Crippen LogP contribution in [0.1, 0.15) is 11.4 Å². The molecule has 0 fully saturated rings. The highest BCUT2D eigenvalue weighted by Gasteiger charge is 1.96. The van der Waals surface area contributed by atoms with E-state index in [-0.39, 0.29) is 5.84 Å². The molecule has 0 radical (unpaired) electrons. The highest BCUT2D eigenvalue weighted by Crippen LogP contribution is 1.95. The van der Waals surface area contributed by atoms with Crippen molar-refractivity contribution in [3.05, 3.63) is 29.6 Å². The molecule has 0 spiro atoms. The molecule has 5 nitrogen and oxygen atoms in total. The van der Waals surface area contributed by atoms with Crippen LogP contribution in [0.15, 0.2) is 18.2 Å². The minimum atomic E-state index is -0.0753. The van der Waals surface area contributed by atoms with Crippen molar-refractivity contribution in [1.29, 1.82) is 10.8 Å². The Hall–Kier alpha value is -1.75. The molecule has 5 heteroatoms. The Kier molecular flexibility index (Phi) is 5.06. The lowest BCUT2D eigenvalue weighted by molar-refractivity contribution is 1.23. The van der Waals surface area contributed by atoms with Gasteiger partial charge in [-0.25, -0.2) is 4.98 Å². The Morgan fingerprint density at radius 1 is 1.46 bits per heavy atom. The summed E-state index contributed by atoms with van der Waals surface area (Å²) in [7, 11) is 1.50. The van der Waals surface area contributed by atoms with E-state index in [9.17, 15) is 0 Å². The molecule has 0 saturated heterocycles. The molecular weight excluding hydrogens is 166 g/mol. The second-order valence-corrected chi connectivity index (χ2v) is 2.01. The molecule has 70 valence electrons. The number of nitrogens with one attached hydrogen (secondary N) is 2. The first-order chi connectivity index (χ1) is 6.24. The van der Waals surface area contributed by atoms with E-state index in [1.165, 1.54) is 7.05 Å². The quantitative estimate of drug-likeness (QED) is 0.376. The lowest BCUT2D eigenvalue weighted by Gasteiger charge is -1.96. The van der Waals surface area contributed by atoms with Crippen molar-refractivity contribution in [3.63, 3.8) is 0 Å². The van der Waals surface area contributed by atoms with E-state index in [0.717, 1.165) is 6.21 Å². The summed E-state index contributed by atoms with van der Waals surface area (Å²) < 4.78 is 0. The Labute approximate surface area is 76.8 Å². The monoisotopic (exact) mass is 179 g/mol. The molecule has 1 rings (SSSR count). The molecular formula is C8H13N5. The van der Waals surface area contributed by atoms with E-state index in [0.29, 0.717) is 11.4 Å². The highest BCUT2D eigenvalue weighted by atomic mass is 14.8. The number of pyridine rings is 1. The number of nitrogens with two attached hydrogens (primary N) is 2. The zero-order valence-electron chi connectivity index (χ0n) is 7.41. The molecule has 0 aromatic carbocycles. The van der Waals surface area contributed by atoms with E-state index >= 15 is 0 Å². The molecule has 0 aliphatic carbocycles. The van der Waals surface area contributed by atoms with Gasteiger partial charge in [0.25, 0.3) is 0 Å². The molecule has 0 atom stereocenters. The van der Waals surface area contributed by atoms with Gasteiger partial charge in [-0.1, -0.05) is 6.07 Å². The number of hydrogen-bond donors (Lipinski definition) is 4. The summed E-state index contributed by atoms with van der Waals surface area (Å²) in [4.78, 5) is 3.90. The van der Waals surface area contributed by atoms with Gasteiger partial charge in [0.15, 0.2) is 0 Å². The van der Waals surface area contributed by atoms with Crippen molar-refractivity contribution in [1.82, 2.24) is 4.98 Å². The summed E-state index contributed by atoms with van der Waals surface area (Å²) in [5.41, 5.74) is 10.6. The first-order valence-electron chi connectivity index (χ1n) is 3.63. The van der Waals surface area contributed by atoms with Gasteiger partial charge in [-0.05, 0) is 19.2 Å². The van der Waals surface area contributed by atoms with Gasteiger partial charge in [0.05, 0.1) is 5.69 Å². The minimum absolute atomic E-state index is 0.0753. The van der Waals surface area contributed by atoms with E-state index < -0.39 is 0 Å². The Morgan fingerprint density at radius 3 is 2.54 bits per heavy atom. The van der Waals surface area contributed by atoms with Crippen molar-refractivity contribution in [2.75, 3.05) is 7.05 Å². The van der Waals surface area contributed by atoms with Crippen LogP contribution in [0.3, 0.4) is 0 Å². The molecule has 13 heavy (non-hydrogen) atoms. The SMILES string of the molecule is CN.N=Cc1cccc(C(=N)N)n1. The van der Waals surface area contributed by atoms with E-state index in [1.54, 1.807) is 18.2 Å². The molecule has 1 aromatic rings. The second kappa shape index (κ2) is 5.84. The van der Waals surface area contributed by atoms with Gasteiger partial charge < -0.3 is 16.9 Å². The lowest BCUT2D eigenvalue weighted by atomic mass is 10.3. The predicted molar refractivity (Wildman–Crippen MR) is 53.3 cm³/mol. The first kappa shape index (κ1) is 11.2. The standard InChI is InChI=1S/C7H8N4.CH5N/c8-4-5-2-1-3-6(11-5)7(9)10;1-2/h1-4,8H,(H3,9,10);2H2,1H3. The summed E-state index contributed by atoms with van der Waals surface area (Å²) in [6, 6.07) is 5.03. The van der Waals surface area contributed by atoms with Gasteiger partial charge in [-0.2, -0.15) is 0 Å². The van der Waals surface area contributed by atoms with Crippen LogP contribution in [0.4, 0.5) is 0 Å². The van der Waals surface area contributed by atoms with Gasteiger partial charge >= 0.3 is 0 Å². The summed E-state index contributed by atoms with van der Waals surface area (Å²) >= 11 is 0. The Bertz CT molecular complexity index is 294. The largest absolute Gasteiger partial charge is 0.382 e. The van der Waals surface area contributed by atoms with Crippen LogP contribution >= 0.6 is 0 Å². The van der Waals surface area contributed by atoms with Gasteiger partial charge in [-0.15, -0.1) is 0 Å². The highest BCUT2D eigenvalue weighted by molar-refractivity contribution is 5.93. The van der Waals surface area contributed by atoms with Gasteiger partial charge in [0, 0.05) is 6.21 Å². The van der Waals surface area contributed by atoms with Crippen molar-refractivity contribution < 1.29 is 0 Å². The number of rotatable bonds is 2. The van der Waals surface area contributed by atoms with Gasteiger partial charge in [0.1, 0.15) is 11.5 Å². The third kappa shape index (κ3) is 3.44. The van der Waals surface area contributed by atoms with Crippen LogP contribution in [-0.2, 0) is 0 Å². The molecule has 0 amide bonds. The normalized spacial score (nSPS) is 8.15. The molecule has 0 aliphatic rings. The fraction of sp³-hybridized carbons (Fsp3) is 0.125. The molecule has 0 unspecified atom stereocenters.